The smallest absolute Gasteiger partial charge is 0.335 e. The molecule has 0 radical (unpaired) electrons. The number of likely N-dealkylation sites (tertiary alicyclic amines) is 1. The van der Waals surface area contributed by atoms with Crippen molar-refractivity contribution in [1.29, 1.82) is 0 Å². The molecule has 4 rings (SSSR count). The largest absolute Gasteiger partial charge is 0.507 e. The number of piperidine rings is 1. The van der Waals surface area contributed by atoms with Gasteiger partial charge in [0.15, 0.2) is 0 Å². The van der Waals surface area contributed by atoms with Crippen LogP contribution in [0.3, 0.4) is 0 Å². The van der Waals surface area contributed by atoms with Gasteiger partial charge in [-0.05, 0) is 48.7 Å². The average molecular weight is 391 g/mol. The Morgan fingerprint density at radius 2 is 1.93 bits per heavy atom. The van der Waals surface area contributed by atoms with E-state index in [0.717, 1.165) is 18.4 Å². The fourth-order valence-electron chi connectivity index (χ4n) is 3.79. The lowest BCUT2D eigenvalue weighted by Crippen LogP contribution is -2.39. The number of amides is 1. The molecule has 148 valence electrons. The monoisotopic (exact) mass is 391 g/mol. The van der Waals surface area contributed by atoms with Crippen LogP contribution in [0.5, 0.6) is 5.75 Å². The van der Waals surface area contributed by atoms with E-state index < -0.39 is 5.97 Å². The Morgan fingerprint density at radius 3 is 2.72 bits per heavy atom. The Labute approximate surface area is 167 Å². The molecule has 2 heterocycles. The topological polar surface area (TPSA) is 107 Å². The molecule has 7 heteroatoms. The summed E-state index contributed by atoms with van der Waals surface area (Å²) < 4.78 is 0. The van der Waals surface area contributed by atoms with Crippen molar-refractivity contribution >= 4 is 11.9 Å². The molecule has 29 heavy (non-hydrogen) atoms. The number of carbonyl (C=O) groups excluding carboxylic acids is 1. The highest BCUT2D eigenvalue weighted by atomic mass is 16.4. The van der Waals surface area contributed by atoms with Gasteiger partial charge in [0, 0.05) is 24.6 Å². The van der Waals surface area contributed by atoms with Crippen molar-refractivity contribution in [2.24, 2.45) is 0 Å². The standard InChI is InChI=1S/C22H21N3O4/c26-20-9-2-1-8-17(20)18-12-19(24-23-18)21(27)25-10-4-7-16(13-25)14-5-3-6-15(11-14)22(28)29/h1-3,5-6,8-9,11-12,16,26H,4,7,10,13H2,(H,23,24)(H,28,29)/t16-/m1/s1. The Morgan fingerprint density at radius 1 is 1.10 bits per heavy atom. The highest BCUT2D eigenvalue weighted by Gasteiger charge is 2.27. The molecule has 1 saturated heterocycles. The number of nitrogens with zero attached hydrogens (tertiary/aromatic N) is 2. The van der Waals surface area contributed by atoms with E-state index in [1.807, 2.05) is 6.07 Å². The van der Waals surface area contributed by atoms with Crippen LogP contribution in [-0.4, -0.2) is 50.3 Å². The Balaban J connectivity index is 1.52. The first-order valence-electron chi connectivity index (χ1n) is 9.49. The number of aromatic carboxylic acids is 1. The maximum absolute atomic E-state index is 13.0. The lowest BCUT2D eigenvalue weighted by atomic mass is 9.89. The number of para-hydroxylation sites is 1. The molecule has 3 N–H and O–H groups in total. The molecule has 3 aromatic rings. The number of aromatic amines is 1. The fourth-order valence-corrected chi connectivity index (χ4v) is 3.79. The van der Waals surface area contributed by atoms with E-state index in [9.17, 15) is 19.8 Å². The molecule has 0 unspecified atom stereocenters. The summed E-state index contributed by atoms with van der Waals surface area (Å²) in [6.07, 6.45) is 1.74. The van der Waals surface area contributed by atoms with Crippen LogP contribution in [0.2, 0.25) is 0 Å². The predicted octanol–water partition coefficient (Wildman–Crippen LogP) is 3.50. The van der Waals surface area contributed by atoms with Crippen LogP contribution >= 0.6 is 0 Å². The highest BCUT2D eigenvalue weighted by molar-refractivity contribution is 5.93. The van der Waals surface area contributed by atoms with E-state index in [4.69, 9.17) is 0 Å². The second-order valence-corrected chi connectivity index (χ2v) is 7.20. The van der Waals surface area contributed by atoms with E-state index in [1.165, 1.54) is 0 Å². The molecule has 1 aliphatic rings. The zero-order valence-corrected chi connectivity index (χ0v) is 15.7. The number of carboxylic acids is 1. The SMILES string of the molecule is O=C(O)c1cccc([C@@H]2CCCN(C(=O)c3cc(-c4ccccc4O)n[nH]3)C2)c1. The average Bonchev–Trinajstić information content (AvgIpc) is 3.23. The van der Waals surface area contributed by atoms with Crippen molar-refractivity contribution in [2.45, 2.75) is 18.8 Å². The summed E-state index contributed by atoms with van der Waals surface area (Å²) in [4.78, 5) is 26.0. The minimum atomic E-state index is -0.954. The number of carbonyl (C=O) groups is 2. The second-order valence-electron chi connectivity index (χ2n) is 7.20. The third kappa shape index (κ3) is 3.85. The van der Waals surface area contributed by atoms with Crippen LogP contribution in [0.4, 0.5) is 0 Å². The fraction of sp³-hybridized carbons (Fsp3) is 0.227. The summed E-state index contributed by atoms with van der Waals surface area (Å²) in [5.41, 5.74) is 2.62. The van der Waals surface area contributed by atoms with Gasteiger partial charge in [0.25, 0.3) is 5.91 Å². The van der Waals surface area contributed by atoms with Crippen molar-refractivity contribution in [1.82, 2.24) is 15.1 Å². The predicted molar refractivity (Wildman–Crippen MR) is 107 cm³/mol. The molecule has 1 amide bonds. The van der Waals surface area contributed by atoms with Gasteiger partial charge >= 0.3 is 5.97 Å². The number of H-pyrrole nitrogens is 1. The van der Waals surface area contributed by atoms with Gasteiger partial charge in [-0.1, -0.05) is 24.3 Å². The van der Waals surface area contributed by atoms with Crippen molar-refractivity contribution in [3.8, 4) is 17.0 Å². The minimum Gasteiger partial charge on any atom is -0.507 e. The number of nitrogens with one attached hydrogen (secondary N) is 1. The zero-order valence-electron chi connectivity index (χ0n) is 15.7. The number of hydrogen-bond acceptors (Lipinski definition) is 4. The molecule has 0 aliphatic carbocycles. The van der Waals surface area contributed by atoms with Gasteiger partial charge in [0.1, 0.15) is 11.4 Å². The number of phenols is 1. The van der Waals surface area contributed by atoms with Crippen LogP contribution < -0.4 is 0 Å². The van der Waals surface area contributed by atoms with Crippen LogP contribution in [0.1, 0.15) is 45.2 Å². The van der Waals surface area contributed by atoms with E-state index >= 15 is 0 Å². The normalized spacial score (nSPS) is 16.6. The van der Waals surface area contributed by atoms with E-state index in [0.29, 0.717) is 30.0 Å². The summed E-state index contributed by atoms with van der Waals surface area (Å²) in [6, 6.07) is 15.4. The molecule has 1 fully saturated rings. The summed E-state index contributed by atoms with van der Waals surface area (Å²) in [5.74, 6) is -0.912. The molecule has 7 nitrogen and oxygen atoms in total. The van der Waals surface area contributed by atoms with Crippen molar-refractivity contribution in [3.63, 3.8) is 0 Å². The van der Waals surface area contributed by atoms with Gasteiger partial charge in [-0.25, -0.2) is 4.79 Å². The Bertz CT molecular complexity index is 1060. The van der Waals surface area contributed by atoms with E-state index in [2.05, 4.69) is 10.2 Å². The molecular weight excluding hydrogens is 370 g/mol. The van der Waals surface area contributed by atoms with Gasteiger partial charge in [0.2, 0.25) is 0 Å². The van der Waals surface area contributed by atoms with Crippen LogP contribution in [0.25, 0.3) is 11.3 Å². The highest BCUT2D eigenvalue weighted by Crippen LogP contribution is 2.30. The van der Waals surface area contributed by atoms with Crippen molar-refractivity contribution in [2.75, 3.05) is 13.1 Å². The van der Waals surface area contributed by atoms with Crippen LogP contribution in [-0.2, 0) is 0 Å². The maximum atomic E-state index is 13.0. The summed E-state index contributed by atoms with van der Waals surface area (Å²) in [6.45, 7) is 1.16. The quantitative estimate of drug-likeness (QED) is 0.631. The Kier molecular flexibility index (Phi) is 5.03. The zero-order chi connectivity index (χ0) is 20.4. The van der Waals surface area contributed by atoms with Gasteiger partial charge in [-0.3, -0.25) is 9.89 Å². The summed E-state index contributed by atoms with van der Waals surface area (Å²) in [7, 11) is 0. The molecule has 2 aromatic carbocycles. The van der Waals surface area contributed by atoms with Crippen LogP contribution in [0, 0.1) is 0 Å². The van der Waals surface area contributed by atoms with Crippen LogP contribution in [0.15, 0.2) is 54.6 Å². The molecule has 1 aliphatic heterocycles. The molecule has 1 aromatic heterocycles. The number of benzene rings is 2. The number of phenolic OH excluding ortho intramolecular Hbond substituents is 1. The molecule has 1 atom stereocenters. The molecular formula is C22H21N3O4. The first-order valence-corrected chi connectivity index (χ1v) is 9.49. The second kappa shape index (κ2) is 7.79. The molecule has 0 saturated carbocycles. The van der Waals surface area contributed by atoms with Gasteiger partial charge in [-0.2, -0.15) is 5.10 Å². The first kappa shape index (κ1) is 18.7. The van der Waals surface area contributed by atoms with Gasteiger partial charge in [-0.15, -0.1) is 0 Å². The molecule has 0 spiro atoms. The maximum Gasteiger partial charge on any atom is 0.335 e. The number of hydrogen-bond donors (Lipinski definition) is 3. The lowest BCUT2D eigenvalue weighted by molar-refractivity contribution is 0.0685. The van der Waals surface area contributed by atoms with Crippen molar-refractivity contribution < 1.29 is 19.8 Å². The van der Waals surface area contributed by atoms with E-state index in [-0.39, 0.29) is 23.1 Å². The number of rotatable bonds is 4. The Hall–Kier alpha value is -3.61. The minimum absolute atomic E-state index is 0.0903. The van der Waals surface area contributed by atoms with Crippen molar-refractivity contribution in [3.05, 3.63) is 71.4 Å². The summed E-state index contributed by atoms with van der Waals surface area (Å²) in [5, 5.41) is 26.2. The van der Waals surface area contributed by atoms with E-state index in [1.54, 1.807) is 53.4 Å². The lowest BCUT2D eigenvalue weighted by Gasteiger charge is -2.32. The van der Waals surface area contributed by atoms with Gasteiger partial charge < -0.3 is 15.1 Å². The van der Waals surface area contributed by atoms with Gasteiger partial charge in [0.05, 0.1) is 11.3 Å². The third-order valence-electron chi connectivity index (χ3n) is 5.30. The number of aromatic hydroxyl groups is 1. The summed E-state index contributed by atoms with van der Waals surface area (Å²) >= 11 is 0. The molecule has 0 bridgehead atoms. The number of carboxylic acid groups (broad SMARTS) is 1. The third-order valence-corrected chi connectivity index (χ3v) is 5.30. The number of aromatic nitrogens is 2. The first-order chi connectivity index (χ1) is 14.0.